The molecule has 1 aliphatic heterocycles. The summed E-state index contributed by atoms with van der Waals surface area (Å²) in [5, 5.41) is 0. The summed E-state index contributed by atoms with van der Waals surface area (Å²) in [4.78, 5) is 25.6. The Balaban J connectivity index is 1.96. The topological polar surface area (TPSA) is 55.8 Å². The van der Waals surface area contributed by atoms with Gasteiger partial charge in [0.15, 0.2) is 0 Å². The van der Waals surface area contributed by atoms with Crippen LogP contribution < -0.4 is 0 Å². The van der Waals surface area contributed by atoms with Crippen LogP contribution in [-0.4, -0.2) is 43.6 Å². The second-order valence-corrected chi connectivity index (χ2v) is 5.11. The Morgan fingerprint density at radius 3 is 2.70 bits per heavy atom. The van der Waals surface area contributed by atoms with Crippen LogP contribution in [0.3, 0.4) is 0 Å². The van der Waals surface area contributed by atoms with Gasteiger partial charge in [-0.25, -0.2) is 4.79 Å². The van der Waals surface area contributed by atoms with Crippen molar-refractivity contribution in [1.82, 2.24) is 4.90 Å². The summed E-state index contributed by atoms with van der Waals surface area (Å²) >= 11 is 0. The van der Waals surface area contributed by atoms with Crippen LogP contribution in [-0.2, 0) is 19.1 Å². The Kier molecular flexibility index (Phi) is 4.82. The smallest absolute Gasteiger partial charge is 0.328 e. The Morgan fingerprint density at radius 2 is 2.10 bits per heavy atom. The number of methoxy groups -OCH3 is 2. The number of ether oxygens (including phenoxy) is 2. The lowest BCUT2D eigenvalue weighted by molar-refractivity contribution is -0.150. The van der Waals surface area contributed by atoms with E-state index < -0.39 is 6.04 Å². The van der Waals surface area contributed by atoms with E-state index in [1.807, 2.05) is 12.2 Å². The van der Waals surface area contributed by atoms with E-state index in [-0.39, 0.29) is 11.9 Å². The first-order chi connectivity index (χ1) is 9.65. The van der Waals surface area contributed by atoms with Crippen LogP contribution >= 0.6 is 0 Å². The second kappa shape index (κ2) is 6.59. The van der Waals surface area contributed by atoms with Gasteiger partial charge in [0.2, 0.25) is 5.91 Å². The molecule has 110 valence electrons. The molecule has 1 heterocycles. The minimum atomic E-state index is -0.401. The van der Waals surface area contributed by atoms with Crippen molar-refractivity contribution in [3.8, 4) is 0 Å². The molecule has 1 fully saturated rings. The van der Waals surface area contributed by atoms with E-state index in [4.69, 9.17) is 9.47 Å². The van der Waals surface area contributed by atoms with Gasteiger partial charge in [0, 0.05) is 19.4 Å². The second-order valence-electron chi connectivity index (χ2n) is 5.11. The van der Waals surface area contributed by atoms with E-state index in [1.165, 1.54) is 7.11 Å². The molecule has 0 aromatic heterocycles. The molecule has 0 N–H and O–H groups in total. The van der Waals surface area contributed by atoms with Crippen molar-refractivity contribution < 1.29 is 19.1 Å². The molecule has 2 aliphatic rings. The van der Waals surface area contributed by atoms with Crippen LogP contribution in [0.2, 0.25) is 0 Å². The van der Waals surface area contributed by atoms with Crippen LogP contribution in [0, 0.1) is 0 Å². The van der Waals surface area contributed by atoms with Gasteiger partial charge in [-0.2, -0.15) is 0 Å². The van der Waals surface area contributed by atoms with Crippen molar-refractivity contribution in [2.75, 3.05) is 20.8 Å². The lowest BCUT2D eigenvalue weighted by atomic mass is 10.00. The number of esters is 1. The lowest BCUT2D eigenvalue weighted by Crippen LogP contribution is -2.41. The summed E-state index contributed by atoms with van der Waals surface area (Å²) < 4.78 is 9.93. The zero-order valence-corrected chi connectivity index (χ0v) is 12.1. The Labute approximate surface area is 119 Å². The lowest BCUT2D eigenvalue weighted by Gasteiger charge is -2.23. The maximum atomic E-state index is 12.3. The van der Waals surface area contributed by atoms with Crippen molar-refractivity contribution in [2.45, 2.75) is 38.1 Å². The van der Waals surface area contributed by atoms with Gasteiger partial charge in [0.1, 0.15) is 6.04 Å². The number of allylic oxidation sites excluding steroid dienone is 3. The first-order valence-corrected chi connectivity index (χ1v) is 6.95. The number of hydrogen-bond acceptors (Lipinski definition) is 4. The summed E-state index contributed by atoms with van der Waals surface area (Å²) in [6, 6.07) is -0.401. The predicted molar refractivity (Wildman–Crippen MR) is 73.8 cm³/mol. The summed E-state index contributed by atoms with van der Waals surface area (Å²) in [6.45, 7) is 0.644. The molecule has 1 amide bonds. The molecule has 1 saturated heterocycles. The molecule has 5 nitrogen and oxygen atoms in total. The van der Waals surface area contributed by atoms with Gasteiger partial charge in [0.05, 0.1) is 20.0 Å². The van der Waals surface area contributed by atoms with Gasteiger partial charge in [-0.05, 0) is 25.3 Å². The van der Waals surface area contributed by atoms with Crippen LogP contribution in [0.4, 0.5) is 0 Å². The van der Waals surface area contributed by atoms with Crippen molar-refractivity contribution >= 4 is 11.9 Å². The maximum absolute atomic E-state index is 12.3. The van der Waals surface area contributed by atoms with Crippen LogP contribution in [0.5, 0.6) is 0 Å². The quantitative estimate of drug-likeness (QED) is 0.736. The normalized spacial score (nSPS) is 22.1. The molecule has 2 rings (SSSR count). The summed E-state index contributed by atoms with van der Waals surface area (Å²) in [5.74, 6) is 0.642. The molecule has 20 heavy (non-hydrogen) atoms. The van der Waals surface area contributed by atoms with Crippen LogP contribution in [0.1, 0.15) is 32.1 Å². The van der Waals surface area contributed by atoms with Gasteiger partial charge in [-0.3, -0.25) is 4.79 Å². The van der Waals surface area contributed by atoms with E-state index in [2.05, 4.69) is 0 Å². The average Bonchev–Trinajstić information content (AvgIpc) is 2.96. The van der Waals surface area contributed by atoms with Gasteiger partial charge in [-0.15, -0.1) is 0 Å². The fourth-order valence-corrected chi connectivity index (χ4v) is 2.72. The number of nitrogens with zero attached hydrogens (tertiary/aromatic N) is 1. The predicted octanol–water partition coefficient (Wildman–Crippen LogP) is 1.79. The molecule has 0 saturated carbocycles. The molecule has 0 radical (unpaired) electrons. The van der Waals surface area contributed by atoms with E-state index in [1.54, 1.807) is 12.0 Å². The third-order valence-electron chi connectivity index (χ3n) is 3.88. The van der Waals surface area contributed by atoms with Gasteiger partial charge >= 0.3 is 5.97 Å². The highest BCUT2D eigenvalue weighted by Gasteiger charge is 2.34. The summed E-state index contributed by atoms with van der Waals surface area (Å²) in [5.41, 5.74) is 1.09. The van der Waals surface area contributed by atoms with E-state index in [0.29, 0.717) is 19.4 Å². The highest BCUT2D eigenvalue weighted by molar-refractivity contribution is 5.86. The molecular weight excluding hydrogens is 258 g/mol. The largest absolute Gasteiger partial charge is 0.501 e. The fraction of sp³-hybridized carbons (Fsp3) is 0.600. The Bertz CT molecular complexity index is 453. The Hall–Kier alpha value is -1.78. The number of hydrogen-bond donors (Lipinski definition) is 0. The van der Waals surface area contributed by atoms with Gasteiger partial charge in [0.25, 0.3) is 0 Å². The van der Waals surface area contributed by atoms with Crippen molar-refractivity contribution in [1.29, 1.82) is 0 Å². The SMILES string of the molecule is COC(=O)[C@@H]1CCCN1C(=O)CC1=CC=C(OC)CC1. The minimum Gasteiger partial charge on any atom is -0.501 e. The Morgan fingerprint density at radius 1 is 1.30 bits per heavy atom. The molecular formula is C15H21NO4. The van der Waals surface area contributed by atoms with Crippen molar-refractivity contribution in [3.63, 3.8) is 0 Å². The van der Waals surface area contributed by atoms with Crippen LogP contribution in [0.25, 0.3) is 0 Å². The third-order valence-corrected chi connectivity index (χ3v) is 3.88. The molecule has 0 spiro atoms. The molecule has 0 bridgehead atoms. The highest BCUT2D eigenvalue weighted by Crippen LogP contribution is 2.25. The molecule has 1 aliphatic carbocycles. The molecule has 0 aromatic rings. The molecule has 5 heteroatoms. The standard InChI is InChI=1S/C15H21NO4/c1-19-12-7-5-11(6-8-12)10-14(17)16-9-3-4-13(16)15(18)20-2/h5,7,13H,3-4,6,8-10H2,1-2H3/t13-/m0/s1. The highest BCUT2D eigenvalue weighted by atomic mass is 16.5. The number of rotatable bonds is 4. The van der Waals surface area contributed by atoms with E-state index in [0.717, 1.165) is 30.6 Å². The maximum Gasteiger partial charge on any atom is 0.328 e. The monoisotopic (exact) mass is 279 g/mol. The van der Waals surface area contributed by atoms with Crippen LogP contribution in [0.15, 0.2) is 23.5 Å². The first-order valence-electron chi connectivity index (χ1n) is 6.95. The summed E-state index contributed by atoms with van der Waals surface area (Å²) in [6.07, 6.45) is 7.46. The fourth-order valence-electron chi connectivity index (χ4n) is 2.72. The van der Waals surface area contributed by atoms with Gasteiger partial charge < -0.3 is 14.4 Å². The minimum absolute atomic E-state index is 0.0124. The number of likely N-dealkylation sites (tertiary alicyclic amines) is 1. The molecule has 0 unspecified atom stereocenters. The molecule has 0 aromatic carbocycles. The van der Waals surface area contributed by atoms with Crippen molar-refractivity contribution in [3.05, 3.63) is 23.5 Å². The summed E-state index contributed by atoms with van der Waals surface area (Å²) in [7, 11) is 3.02. The van der Waals surface area contributed by atoms with Crippen molar-refractivity contribution in [2.24, 2.45) is 0 Å². The zero-order valence-electron chi connectivity index (χ0n) is 12.1. The number of carbonyl (C=O) groups is 2. The number of amides is 1. The van der Waals surface area contributed by atoms with E-state index >= 15 is 0 Å². The number of carbonyl (C=O) groups excluding carboxylic acids is 2. The first kappa shape index (κ1) is 14.6. The zero-order chi connectivity index (χ0) is 14.5. The average molecular weight is 279 g/mol. The third kappa shape index (κ3) is 3.21. The van der Waals surface area contributed by atoms with E-state index in [9.17, 15) is 9.59 Å². The molecule has 1 atom stereocenters. The van der Waals surface area contributed by atoms with Gasteiger partial charge in [-0.1, -0.05) is 11.6 Å².